The van der Waals surface area contributed by atoms with Crippen molar-refractivity contribution in [3.05, 3.63) is 83.2 Å². The summed E-state index contributed by atoms with van der Waals surface area (Å²) in [7, 11) is 0. The van der Waals surface area contributed by atoms with E-state index in [-0.39, 0.29) is 16.6 Å². The van der Waals surface area contributed by atoms with Gasteiger partial charge in [0.15, 0.2) is 0 Å². The molecule has 0 spiro atoms. The quantitative estimate of drug-likeness (QED) is 0.452. The Morgan fingerprint density at radius 1 is 1.10 bits per heavy atom. The van der Waals surface area contributed by atoms with Gasteiger partial charge in [0.05, 0.1) is 10.6 Å². The Morgan fingerprint density at radius 3 is 2.60 bits per heavy atom. The molecule has 1 saturated heterocycles. The van der Waals surface area contributed by atoms with E-state index in [0.29, 0.717) is 16.4 Å². The van der Waals surface area contributed by atoms with Gasteiger partial charge in [-0.15, -0.1) is 0 Å². The van der Waals surface area contributed by atoms with Crippen molar-refractivity contribution in [2.24, 2.45) is 0 Å². The molecule has 0 aliphatic carbocycles. The maximum atomic E-state index is 13.7. The first-order chi connectivity index (χ1) is 14.5. The molecule has 0 atom stereocenters. The van der Waals surface area contributed by atoms with Crippen LogP contribution in [0.4, 0.5) is 10.1 Å². The molecule has 150 valence electrons. The average Bonchev–Trinajstić information content (AvgIpc) is 3.31. The predicted octanol–water partition coefficient (Wildman–Crippen LogP) is 4.93. The number of carbonyl (C=O) groups excluding carboxylic acids is 2. The number of anilines is 1. The third kappa shape index (κ3) is 4.34. The number of halogens is 1. The summed E-state index contributed by atoms with van der Waals surface area (Å²) in [6.07, 6.45) is 1.60. The van der Waals surface area contributed by atoms with Crippen molar-refractivity contribution in [1.82, 2.24) is 4.90 Å². The first-order valence-electron chi connectivity index (χ1n) is 8.96. The standard InChI is InChI=1S/C22H15FN2O3S2/c23-16-8-4-5-9-17(16)24-20(26)13-25-21(27)19(30-22(25)29)12-15-10-11-18(28-15)14-6-2-1-3-7-14/h1-12H,13H2,(H,24,26)/b19-12-. The average molecular weight is 439 g/mol. The Hall–Kier alpha value is -3.23. The Balaban J connectivity index is 1.45. The van der Waals surface area contributed by atoms with Crippen LogP contribution in [0, 0.1) is 5.82 Å². The van der Waals surface area contributed by atoms with Crippen LogP contribution < -0.4 is 5.32 Å². The van der Waals surface area contributed by atoms with Crippen LogP contribution in [0.2, 0.25) is 0 Å². The summed E-state index contributed by atoms with van der Waals surface area (Å²) >= 11 is 6.33. The molecular formula is C22H15FN2O3S2. The third-order valence-corrected chi connectivity index (χ3v) is 5.66. The summed E-state index contributed by atoms with van der Waals surface area (Å²) in [6.45, 7) is -0.302. The first kappa shape index (κ1) is 20.1. The van der Waals surface area contributed by atoms with E-state index in [1.807, 2.05) is 36.4 Å². The number of benzene rings is 2. The van der Waals surface area contributed by atoms with Crippen molar-refractivity contribution in [2.75, 3.05) is 11.9 Å². The molecule has 1 aliphatic rings. The highest BCUT2D eigenvalue weighted by Crippen LogP contribution is 2.33. The molecule has 0 bridgehead atoms. The number of nitrogens with zero attached hydrogens (tertiary/aromatic N) is 1. The number of para-hydroxylation sites is 1. The summed E-state index contributed by atoms with van der Waals surface area (Å²) in [5.41, 5.74) is 0.974. The molecule has 8 heteroatoms. The molecule has 0 saturated carbocycles. The van der Waals surface area contributed by atoms with Crippen molar-refractivity contribution >= 4 is 51.9 Å². The second kappa shape index (κ2) is 8.64. The van der Waals surface area contributed by atoms with Gasteiger partial charge in [0, 0.05) is 11.6 Å². The largest absolute Gasteiger partial charge is 0.457 e. The second-order valence-electron chi connectivity index (χ2n) is 6.36. The van der Waals surface area contributed by atoms with Gasteiger partial charge in [-0.25, -0.2) is 4.39 Å². The zero-order valence-electron chi connectivity index (χ0n) is 15.5. The molecule has 0 radical (unpaired) electrons. The van der Waals surface area contributed by atoms with Crippen molar-refractivity contribution in [3.63, 3.8) is 0 Å². The minimum absolute atomic E-state index is 0.0486. The van der Waals surface area contributed by atoms with Gasteiger partial charge in [-0.1, -0.05) is 66.4 Å². The lowest BCUT2D eigenvalue weighted by Gasteiger charge is -2.14. The molecule has 0 unspecified atom stereocenters. The number of rotatable bonds is 5. The zero-order valence-corrected chi connectivity index (χ0v) is 17.1. The molecule has 1 aromatic heterocycles. The van der Waals surface area contributed by atoms with Crippen LogP contribution in [0.25, 0.3) is 17.4 Å². The van der Waals surface area contributed by atoms with Crippen molar-refractivity contribution in [2.45, 2.75) is 0 Å². The van der Waals surface area contributed by atoms with E-state index < -0.39 is 17.6 Å². The topological polar surface area (TPSA) is 62.6 Å². The van der Waals surface area contributed by atoms with Gasteiger partial charge >= 0.3 is 0 Å². The Labute approximate surface area is 181 Å². The van der Waals surface area contributed by atoms with Crippen LogP contribution in [0.5, 0.6) is 0 Å². The molecule has 3 aromatic rings. The number of thiocarbonyl (C=S) groups is 1. The number of amides is 2. The molecule has 2 amide bonds. The van der Waals surface area contributed by atoms with Crippen LogP contribution in [-0.2, 0) is 9.59 Å². The van der Waals surface area contributed by atoms with E-state index in [4.69, 9.17) is 16.6 Å². The van der Waals surface area contributed by atoms with Crippen molar-refractivity contribution < 1.29 is 18.4 Å². The summed E-state index contributed by atoms with van der Waals surface area (Å²) in [5.74, 6) is -0.303. The highest BCUT2D eigenvalue weighted by atomic mass is 32.2. The lowest BCUT2D eigenvalue weighted by atomic mass is 10.2. The van der Waals surface area contributed by atoms with Gasteiger partial charge < -0.3 is 9.73 Å². The van der Waals surface area contributed by atoms with Gasteiger partial charge in [-0.3, -0.25) is 14.5 Å². The number of hydrogen-bond acceptors (Lipinski definition) is 5. The second-order valence-corrected chi connectivity index (χ2v) is 8.04. The van der Waals surface area contributed by atoms with Crippen LogP contribution in [0.15, 0.2) is 76.1 Å². The highest BCUT2D eigenvalue weighted by Gasteiger charge is 2.33. The summed E-state index contributed by atoms with van der Waals surface area (Å²) in [4.78, 5) is 26.5. The van der Waals surface area contributed by atoms with E-state index in [1.54, 1.807) is 18.2 Å². The van der Waals surface area contributed by atoms with Crippen LogP contribution >= 0.6 is 24.0 Å². The Kier molecular flexibility index (Phi) is 5.78. The number of hydrogen-bond donors (Lipinski definition) is 1. The minimum atomic E-state index is -0.553. The van der Waals surface area contributed by atoms with Crippen LogP contribution in [-0.4, -0.2) is 27.6 Å². The SMILES string of the molecule is O=C(CN1C(=O)/C(=C/c2ccc(-c3ccccc3)o2)SC1=S)Nc1ccccc1F. The highest BCUT2D eigenvalue weighted by molar-refractivity contribution is 8.26. The molecule has 5 nitrogen and oxygen atoms in total. The van der Waals surface area contributed by atoms with Crippen molar-refractivity contribution in [3.8, 4) is 11.3 Å². The lowest BCUT2D eigenvalue weighted by Crippen LogP contribution is -2.36. The van der Waals surface area contributed by atoms with E-state index in [9.17, 15) is 14.0 Å². The van der Waals surface area contributed by atoms with E-state index in [1.165, 1.54) is 23.1 Å². The first-order valence-corrected chi connectivity index (χ1v) is 10.2. The maximum Gasteiger partial charge on any atom is 0.266 e. The molecule has 30 heavy (non-hydrogen) atoms. The monoisotopic (exact) mass is 438 g/mol. The van der Waals surface area contributed by atoms with Crippen LogP contribution in [0.3, 0.4) is 0 Å². The lowest BCUT2D eigenvalue weighted by molar-refractivity contribution is -0.126. The number of thioether (sulfide) groups is 1. The fourth-order valence-electron chi connectivity index (χ4n) is 2.85. The fourth-order valence-corrected chi connectivity index (χ4v) is 4.08. The molecule has 1 fully saturated rings. The number of nitrogens with one attached hydrogen (secondary N) is 1. The molecule has 2 aromatic carbocycles. The van der Waals surface area contributed by atoms with E-state index in [0.717, 1.165) is 17.3 Å². The third-order valence-electron chi connectivity index (χ3n) is 4.28. The number of carbonyl (C=O) groups is 2. The normalized spacial score (nSPS) is 15.1. The number of furan rings is 1. The van der Waals surface area contributed by atoms with Crippen LogP contribution in [0.1, 0.15) is 5.76 Å². The molecule has 1 aliphatic heterocycles. The summed E-state index contributed by atoms with van der Waals surface area (Å²) in [5, 5.41) is 2.45. The van der Waals surface area contributed by atoms with Gasteiger partial charge in [-0.2, -0.15) is 0 Å². The summed E-state index contributed by atoms with van der Waals surface area (Å²) in [6, 6.07) is 19.0. The smallest absolute Gasteiger partial charge is 0.266 e. The van der Waals surface area contributed by atoms with Gasteiger partial charge in [0.1, 0.15) is 28.2 Å². The fraction of sp³-hybridized carbons (Fsp3) is 0.0455. The Bertz CT molecular complexity index is 1160. The molecule has 2 heterocycles. The Morgan fingerprint density at radius 2 is 1.83 bits per heavy atom. The molecular weight excluding hydrogens is 423 g/mol. The zero-order chi connectivity index (χ0) is 21.1. The van der Waals surface area contributed by atoms with Gasteiger partial charge in [0.2, 0.25) is 5.91 Å². The van der Waals surface area contributed by atoms with Gasteiger partial charge in [-0.05, 0) is 24.3 Å². The van der Waals surface area contributed by atoms with Crippen molar-refractivity contribution in [1.29, 1.82) is 0 Å². The maximum absolute atomic E-state index is 13.7. The van der Waals surface area contributed by atoms with Gasteiger partial charge in [0.25, 0.3) is 5.91 Å². The molecule has 1 N–H and O–H groups in total. The minimum Gasteiger partial charge on any atom is -0.457 e. The van der Waals surface area contributed by atoms with E-state index >= 15 is 0 Å². The van der Waals surface area contributed by atoms with E-state index in [2.05, 4.69) is 5.32 Å². The predicted molar refractivity (Wildman–Crippen MR) is 119 cm³/mol. The summed E-state index contributed by atoms with van der Waals surface area (Å²) < 4.78 is 19.8. The molecule has 4 rings (SSSR count).